The average Bonchev–Trinajstić information content (AvgIpc) is 3.20. The molecule has 1 aliphatic carbocycles. The van der Waals surface area contributed by atoms with Crippen molar-refractivity contribution in [3.8, 4) is 6.07 Å². The fourth-order valence-electron chi connectivity index (χ4n) is 3.16. The molecular weight excluding hydrogens is 339 g/mol. The monoisotopic (exact) mass is 353 g/mol. The Kier molecular flexibility index (Phi) is 4.24. The summed E-state index contributed by atoms with van der Waals surface area (Å²) in [7, 11) is 0. The smallest absolute Gasteiger partial charge is 0.382 e. The highest BCUT2D eigenvalue weighted by Crippen LogP contribution is 2.37. The summed E-state index contributed by atoms with van der Waals surface area (Å²) in [6, 6.07) is 2.77. The molecule has 0 atom stereocenters. The first-order chi connectivity index (χ1) is 11.8. The lowest BCUT2D eigenvalue weighted by atomic mass is 10.1. The topological polar surface area (TPSA) is 108 Å². The average molecular weight is 353 g/mol. The summed E-state index contributed by atoms with van der Waals surface area (Å²) in [6.45, 7) is 0.488. The van der Waals surface area contributed by atoms with Gasteiger partial charge in [-0.3, -0.25) is 10.1 Å². The number of alkyl halides is 3. The molecule has 132 valence electrons. The standard InChI is InChI=1S/C15H14F3N5O2/c16-15(17,18)14-21-12-10(23(24)25)5-9(6-19)11(13(12)22-14)20-7-8-3-1-2-4-8/h5,8,20H,1-4,7H2,(H,21,22). The highest BCUT2D eigenvalue weighted by atomic mass is 19.4. The van der Waals surface area contributed by atoms with Crippen molar-refractivity contribution in [2.24, 2.45) is 5.92 Å². The van der Waals surface area contributed by atoms with Crippen LogP contribution in [-0.4, -0.2) is 21.4 Å². The number of nitrogens with zero attached hydrogens (tertiary/aromatic N) is 3. The number of nitro benzene ring substituents is 1. The van der Waals surface area contributed by atoms with E-state index in [1.54, 1.807) is 0 Å². The van der Waals surface area contributed by atoms with Crippen LogP contribution in [0, 0.1) is 27.4 Å². The second kappa shape index (κ2) is 6.23. The van der Waals surface area contributed by atoms with Gasteiger partial charge in [0.15, 0.2) is 5.52 Å². The number of imidazole rings is 1. The van der Waals surface area contributed by atoms with Gasteiger partial charge in [0, 0.05) is 12.6 Å². The summed E-state index contributed by atoms with van der Waals surface area (Å²) < 4.78 is 38.9. The molecule has 1 heterocycles. The van der Waals surface area contributed by atoms with E-state index in [0.717, 1.165) is 31.7 Å². The molecule has 0 unspecified atom stereocenters. The number of benzene rings is 1. The minimum absolute atomic E-state index is 0.0884. The van der Waals surface area contributed by atoms with Crippen molar-refractivity contribution in [3.63, 3.8) is 0 Å². The van der Waals surface area contributed by atoms with E-state index in [0.29, 0.717) is 12.5 Å². The zero-order valence-corrected chi connectivity index (χ0v) is 13.0. The van der Waals surface area contributed by atoms with Crippen molar-refractivity contribution >= 4 is 22.4 Å². The lowest BCUT2D eigenvalue weighted by Gasteiger charge is -2.13. The van der Waals surface area contributed by atoms with Gasteiger partial charge in [0.25, 0.3) is 5.69 Å². The largest absolute Gasteiger partial charge is 0.449 e. The zero-order chi connectivity index (χ0) is 18.2. The van der Waals surface area contributed by atoms with Gasteiger partial charge in [0.05, 0.1) is 21.7 Å². The summed E-state index contributed by atoms with van der Waals surface area (Å²) in [5, 5.41) is 23.4. The molecule has 1 aliphatic rings. The van der Waals surface area contributed by atoms with Crippen molar-refractivity contribution < 1.29 is 18.1 Å². The summed E-state index contributed by atoms with van der Waals surface area (Å²) in [5.74, 6) is -0.966. The molecule has 0 bridgehead atoms. The molecule has 2 N–H and O–H groups in total. The molecule has 1 saturated carbocycles. The molecule has 1 fully saturated rings. The number of halogens is 3. The number of nitro groups is 1. The van der Waals surface area contributed by atoms with Crippen LogP contribution >= 0.6 is 0 Å². The summed E-state index contributed by atoms with van der Waals surface area (Å²) in [4.78, 5) is 15.8. The lowest BCUT2D eigenvalue weighted by molar-refractivity contribution is -0.383. The number of nitriles is 1. The van der Waals surface area contributed by atoms with Crippen LogP contribution in [0.15, 0.2) is 6.07 Å². The van der Waals surface area contributed by atoms with E-state index in [1.807, 2.05) is 6.07 Å². The van der Waals surface area contributed by atoms with Gasteiger partial charge in [0.2, 0.25) is 5.82 Å². The Bertz CT molecular complexity index is 863. The predicted molar refractivity (Wildman–Crippen MR) is 82.9 cm³/mol. The normalized spacial score (nSPS) is 15.4. The first kappa shape index (κ1) is 17.0. The van der Waals surface area contributed by atoms with Crippen LogP contribution in [-0.2, 0) is 6.18 Å². The van der Waals surface area contributed by atoms with Crippen molar-refractivity contribution in [2.75, 3.05) is 11.9 Å². The van der Waals surface area contributed by atoms with Gasteiger partial charge in [-0.05, 0) is 18.8 Å². The molecular formula is C15H14F3N5O2. The molecule has 7 nitrogen and oxygen atoms in total. The predicted octanol–water partition coefficient (Wildman–Crippen LogP) is 3.96. The van der Waals surface area contributed by atoms with Crippen LogP contribution in [0.2, 0.25) is 0 Å². The first-order valence-corrected chi connectivity index (χ1v) is 7.73. The van der Waals surface area contributed by atoms with Gasteiger partial charge in [-0.25, -0.2) is 4.98 Å². The van der Waals surface area contributed by atoms with Crippen molar-refractivity contribution in [2.45, 2.75) is 31.9 Å². The van der Waals surface area contributed by atoms with Gasteiger partial charge in [-0.1, -0.05) is 12.8 Å². The Balaban J connectivity index is 2.12. The van der Waals surface area contributed by atoms with Crippen LogP contribution in [0.3, 0.4) is 0 Å². The summed E-state index contributed by atoms with van der Waals surface area (Å²) in [5.41, 5.74) is -1.18. The van der Waals surface area contributed by atoms with Gasteiger partial charge in [-0.2, -0.15) is 18.4 Å². The highest BCUT2D eigenvalue weighted by molar-refractivity contribution is 5.97. The van der Waals surface area contributed by atoms with E-state index in [1.165, 1.54) is 0 Å². The minimum atomic E-state index is -4.78. The number of nitrogens with one attached hydrogen (secondary N) is 2. The van der Waals surface area contributed by atoms with E-state index >= 15 is 0 Å². The van der Waals surface area contributed by atoms with Crippen molar-refractivity contribution in [1.29, 1.82) is 5.26 Å². The third-order valence-corrected chi connectivity index (χ3v) is 4.37. The minimum Gasteiger partial charge on any atom is -0.382 e. The van der Waals surface area contributed by atoms with Crippen molar-refractivity contribution in [3.05, 3.63) is 27.6 Å². The van der Waals surface area contributed by atoms with Gasteiger partial charge in [-0.15, -0.1) is 0 Å². The second-order valence-electron chi connectivity index (χ2n) is 6.03. The Labute approximate surface area is 140 Å². The maximum atomic E-state index is 13.0. The van der Waals surface area contributed by atoms with Crippen LogP contribution in [0.1, 0.15) is 37.1 Å². The summed E-state index contributed by atoms with van der Waals surface area (Å²) >= 11 is 0. The number of aromatic nitrogens is 2. The Hall–Kier alpha value is -2.83. The SMILES string of the molecule is N#Cc1cc([N+](=O)[O-])c2nc(C(F)(F)F)[nH]c2c1NCC1CCCC1. The van der Waals surface area contributed by atoms with Crippen LogP contribution < -0.4 is 5.32 Å². The van der Waals surface area contributed by atoms with Crippen LogP contribution in [0.5, 0.6) is 0 Å². The highest BCUT2D eigenvalue weighted by Gasteiger charge is 2.37. The van der Waals surface area contributed by atoms with Crippen LogP contribution in [0.4, 0.5) is 24.5 Å². The van der Waals surface area contributed by atoms with E-state index in [4.69, 9.17) is 0 Å². The Morgan fingerprint density at radius 1 is 1.44 bits per heavy atom. The molecule has 0 spiro atoms. The fourth-order valence-corrected chi connectivity index (χ4v) is 3.16. The molecule has 10 heteroatoms. The molecule has 3 rings (SSSR count). The van der Waals surface area contributed by atoms with E-state index in [2.05, 4.69) is 15.3 Å². The van der Waals surface area contributed by atoms with Gasteiger partial charge < -0.3 is 10.3 Å². The Morgan fingerprint density at radius 2 is 2.12 bits per heavy atom. The molecule has 0 aliphatic heterocycles. The molecule has 0 radical (unpaired) electrons. The second-order valence-corrected chi connectivity index (χ2v) is 6.03. The first-order valence-electron chi connectivity index (χ1n) is 7.73. The molecule has 0 amide bonds. The third kappa shape index (κ3) is 3.22. The molecule has 25 heavy (non-hydrogen) atoms. The lowest BCUT2D eigenvalue weighted by Crippen LogP contribution is -2.12. The van der Waals surface area contributed by atoms with Crippen LogP contribution in [0.25, 0.3) is 11.0 Å². The third-order valence-electron chi connectivity index (χ3n) is 4.37. The molecule has 0 saturated heterocycles. The molecule has 2 aromatic rings. The zero-order valence-electron chi connectivity index (χ0n) is 13.0. The van der Waals surface area contributed by atoms with E-state index in [9.17, 15) is 28.5 Å². The Morgan fingerprint density at radius 3 is 2.68 bits per heavy atom. The van der Waals surface area contributed by atoms with Gasteiger partial charge >= 0.3 is 6.18 Å². The number of hydrogen-bond acceptors (Lipinski definition) is 5. The number of non-ortho nitro benzene ring substituents is 1. The molecule has 1 aromatic carbocycles. The van der Waals surface area contributed by atoms with Gasteiger partial charge in [0.1, 0.15) is 6.07 Å². The summed E-state index contributed by atoms with van der Waals surface area (Å²) in [6.07, 6.45) is -0.587. The maximum absolute atomic E-state index is 13.0. The fraction of sp³-hybridized carbons (Fsp3) is 0.467. The maximum Gasteiger partial charge on any atom is 0.449 e. The number of anilines is 1. The number of rotatable bonds is 4. The van der Waals surface area contributed by atoms with Crippen molar-refractivity contribution in [1.82, 2.24) is 9.97 Å². The molecule has 1 aromatic heterocycles. The number of hydrogen-bond donors (Lipinski definition) is 2. The quantitative estimate of drug-likeness (QED) is 0.639. The number of H-pyrrole nitrogens is 1. The number of fused-ring (bicyclic) bond motifs is 1. The van der Waals surface area contributed by atoms with E-state index in [-0.39, 0.29) is 16.8 Å². The van der Waals surface area contributed by atoms with E-state index < -0.39 is 28.1 Å². The number of aromatic amines is 1.